The number of carbonyl (C=O) groups is 3. The van der Waals surface area contributed by atoms with Gasteiger partial charge in [-0.2, -0.15) is 0 Å². The molecule has 1 aliphatic heterocycles. The smallest absolute Gasteiger partial charge is 0.323 e. The Morgan fingerprint density at radius 2 is 1.87 bits per heavy atom. The molecule has 1 saturated heterocycles. The first-order valence-electron chi connectivity index (χ1n) is 10.4. The molecule has 2 aromatic carbocycles. The van der Waals surface area contributed by atoms with Crippen LogP contribution in [0.3, 0.4) is 0 Å². The van der Waals surface area contributed by atoms with Crippen LogP contribution in [-0.2, 0) is 9.59 Å². The average molecular weight is 435 g/mol. The molecule has 0 atom stereocenters. The van der Waals surface area contributed by atoms with E-state index < -0.39 is 17.5 Å². The van der Waals surface area contributed by atoms with Crippen molar-refractivity contribution in [2.24, 2.45) is 0 Å². The highest BCUT2D eigenvalue weighted by Gasteiger charge is 2.51. The number of benzene rings is 2. The highest BCUT2D eigenvalue weighted by Crippen LogP contribution is 2.34. The van der Waals surface area contributed by atoms with Crippen molar-refractivity contribution in [1.29, 1.82) is 0 Å². The summed E-state index contributed by atoms with van der Waals surface area (Å²) in [4.78, 5) is 43.4. The Bertz CT molecular complexity index is 1180. The SMILES string of the molecule is O=C(CN1C(=O)NC2(CCCCC2)C1=O)Nc1nc(-c2cccc3ccccc23)cs1. The lowest BCUT2D eigenvalue weighted by molar-refractivity contribution is -0.134. The topological polar surface area (TPSA) is 91.4 Å². The summed E-state index contributed by atoms with van der Waals surface area (Å²) in [6, 6.07) is 13.6. The van der Waals surface area contributed by atoms with Crippen molar-refractivity contribution in [3.8, 4) is 11.3 Å². The minimum absolute atomic E-state index is 0.289. The van der Waals surface area contributed by atoms with Gasteiger partial charge in [0.25, 0.3) is 5.91 Å². The molecule has 0 bridgehead atoms. The third kappa shape index (κ3) is 3.57. The molecule has 31 heavy (non-hydrogen) atoms. The van der Waals surface area contributed by atoms with E-state index in [1.165, 1.54) is 11.3 Å². The van der Waals surface area contributed by atoms with Gasteiger partial charge in [0, 0.05) is 10.9 Å². The van der Waals surface area contributed by atoms with Crippen LogP contribution in [0.1, 0.15) is 32.1 Å². The summed E-state index contributed by atoms with van der Waals surface area (Å²) in [6.07, 6.45) is 4.14. The standard InChI is InChI=1S/C23H22N4O3S/c28-19(13-27-20(29)23(26-22(27)30)11-4-1-5-12-23)25-21-24-18(14-31-21)17-10-6-8-15-7-2-3-9-16(15)17/h2-3,6-10,14H,1,4-5,11-13H2,(H,26,30)(H,24,25,28). The van der Waals surface area contributed by atoms with Gasteiger partial charge in [-0.25, -0.2) is 9.78 Å². The minimum Gasteiger partial charge on any atom is -0.323 e. The summed E-state index contributed by atoms with van der Waals surface area (Å²) in [6.45, 7) is -0.310. The number of nitrogens with one attached hydrogen (secondary N) is 2. The normalized spacial score (nSPS) is 17.9. The van der Waals surface area contributed by atoms with E-state index in [0.717, 1.165) is 46.2 Å². The summed E-state index contributed by atoms with van der Waals surface area (Å²) in [5.41, 5.74) is 0.939. The second-order valence-corrected chi connectivity index (χ2v) is 8.94. The molecule has 158 valence electrons. The number of amides is 4. The zero-order chi connectivity index (χ0) is 21.4. The number of carbonyl (C=O) groups excluding carboxylic acids is 3. The number of hydrogen-bond acceptors (Lipinski definition) is 5. The molecule has 7 nitrogen and oxygen atoms in total. The van der Waals surface area contributed by atoms with Crippen LogP contribution in [0.25, 0.3) is 22.0 Å². The van der Waals surface area contributed by atoms with Gasteiger partial charge in [0.2, 0.25) is 5.91 Å². The van der Waals surface area contributed by atoms with Crippen molar-refractivity contribution in [3.05, 3.63) is 47.8 Å². The van der Waals surface area contributed by atoms with Crippen molar-refractivity contribution in [1.82, 2.24) is 15.2 Å². The summed E-state index contributed by atoms with van der Waals surface area (Å²) in [7, 11) is 0. The molecule has 8 heteroatoms. The number of hydrogen-bond donors (Lipinski definition) is 2. The number of nitrogens with zero attached hydrogens (tertiary/aromatic N) is 2. The van der Waals surface area contributed by atoms with Crippen molar-refractivity contribution in [2.45, 2.75) is 37.6 Å². The van der Waals surface area contributed by atoms with Crippen LogP contribution in [0.4, 0.5) is 9.93 Å². The quantitative estimate of drug-likeness (QED) is 0.604. The number of rotatable bonds is 4. The highest BCUT2D eigenvalue weighted by atomic mass is 32.1. The molecule has 2 heterocycles. The van der Waals surface area contributed by atoms with Crippen LogP contribution in [0, 0.1) is 0 Å². The third-order valence-electron chi connectivity index (χ3n) is 6.07. The van der Waals surface area contributed by atoms with E-state index in [0.29, 0.717) is 18.0 Å². The van der Waals surface area contributed by atoms with Crippen molar-refractivity contribution in [2.75, 3.05) is 11.9 Å². The van der Waals surface area contributed by atoms with Gasteiger partial charge in [0.05, 0.1) is 5.69 Å². The zero-order valence-electron chi connectivity index (χ0n) is 16.9. The Morgan fingerprint density at radius 1 is 1.10 bits per heavy atom. The van der Waals surface area contributed by atoms with E-state index in [2.05, 4.69) is 15.6 Å². The molecule has 1 aliphatic carbocycles. The molecule has 2 aliphatic rings. The fourth-order valence-electron chi connectivity index (χ4n) is 4.52. The number of imide groups is 1. The Balaban J connectivity index is 1.29. The second-order valence-electron chi connectivity index (χ2n) is 8.08. The molecule has 5 rings (SSSR count). The van der Waals surface area contributed by atoms with Crippen molar-refractivity contribution >= 4 is 45.1 Å². The monoisotopic (exact) mass is 434 g/mol. The van der Waals surface area contributed by atoms with Gasteiger partial charge in [0.1, 0.15) is 12.1 Å². The van der Waals surface area contributed by atoms with E-state index in [1.807, 2.05) is 47.8 Å². The summed E-state index contributed by atoms with van der Waals surface area (Å²) < 4.78 is 0. The average Bonchev–Trinajstić information content (AvgIpc) is 3.32. The van der Waals surface area contributed by atoms with Crippen molar-refractivity contribution < 1.29 is 14.4 Å². The molecule has 1 aromatic heterocycles. The molecule has 1 saturated carbocycles. The van der Waals surface area contributed by atoms with E-state index in [1.54, 1.807) is 0 Å². The Morgan fingerprint density at radius 3 is 2.71 bits per heavy atom. The molecule has 2 fully saturated rings. The van der Waals surface area contributed by atoms with Crippen LogP contribution >= 0.6 is 11.3 Å². The van der Waals surface area contributed by atoms with Crippen LogP contribution in [-0.4, -0.2) is 39.8 Å². The summed E-state index contributed by atoms with van der Waals surface area (Å²) >= 11 is 1.32. The molecule has 1 spiro atoms. The second kappa shape index (κ2) is 7.77. The lowest BCUT2D eigenvalue weighted by Gasteiger charge is -2.30. The highest BCUT2D eigenvalue weighted by molar-refractivity contribution is 7.14. The summed E-state index contributed by atoms with van der Waals surface area (Å²) in [5.74, 6) is -0.724. The molecular weight excluding hydrogens is 412 g/mol. The van der Waals surface area contributed by atoms with Crippen LogP contribution < -0.4 is 10.6 Å². The first kappa shape index (κ1) is 19.7. The molecule has 3 aromatic rings. The first-order valence-corrected chi connectivity index (χ1v) is 11.3. The van der Waals surface area contributed by atoms with Gasteiger partial charge < -0.3 is 10.6 Å². The number of aromatic nitrogens is 1. The van der Waals surface area contributed by atoms with Gasteiger partial charge in [-0.1, -0.05) is 61.7 Å². The lowest BCUT2D eigenvalue weighted by atomic mass is 9.82. The van der Waals surface area contributed by atoms with Gasteiger partial charge in [0.15, 0.2) is 5.13 Å². The number of urea groups is 1. The predicted molar refractivity (Wildman–Crippen MR) is 120 cm³/mol. The maximum atomic E-state index is 12.8. The predicted octanol–water partition coefficient (Wildman–Crippen LogP) is 4.16. The largest absolute Gasteiger partial charge is 0.325 e. The van der Waals surface area contributed by atoms with Crippen molar-refractivity contribution in [3.63, 3.8) is 0 Å². The van der Waals surface area contributed by atoms with Crippen LogP contribution in [0.15, 0.2) is 47.8 Å². The van der Waals surface area contributed by atoms with Gasteiger partial charge in [-0.3, -0.25) is 14.5 Å². The van der Waals surface area contributed by atoms with Gasteiger partial charge in [-0.15, -0.1) is 11.3 Å². The molecule has 0 radical (unpaired) electrons. The van der Waals surface area contributed by atoms with E-state index in [4.69, 9.17) is 0 Å². The van der Waals surface area contributed by atoms with Crippen LogP contribution in [0.2, 0.25) is 0 Å². The molecule has 0 unspecified atom stereocenters. The Kier molecular flexibility index (Phi) is 4.94. The molecule has 2 N–H and O–H groups in total. The third-order valence-corrected chi connectivity index (χ3v) is 6.83. The van der Waals surface area contributed by atoms with E-state index in [-0.39, 0.29) is 12.5 Å². The Hall–Kier alpha value is -3.26. The van der Waals surface area contributed by atoms with Gasteiger partial charge in [-0.05, 0) is 23.6 Å². The van der Waals surface area contributed by atoms with E-state index >= 15 is 0 Å². The Labute approximate surface area is 183 Å². The van der Waals surface area contributed by atoms with Crippen LogP contribution in [0.5, 0.6) is 0 Å². The first-order chi connectivity index (χ1) is 15.1. The fourth-order valence-corrected chi connectivity index (χ4v) is 5.25. The fraction of sp³-hybridized carbons (Fsp3) is 0.304. The number of anilines is 1. The minimum atomic E-state index is -0.821. The maximum Gasteiger partial charge on any atom is 0.325 e. The zero-order valence-corrected chi connectivity index (χ0v) is 17.7. The summed E-state index contributed by atoms with van der Waals surface area (Å²) in [5, 5.41) is 10.1. The van der Waals surface area contributed by atoms with Gasteiger partial charge >= 0.3 is 6.03 Å². The van der Waals surface area contributed by atoms with E-state index in [9.17, 15) is 14.4 Å². The maximum absolute atomic E-state index is 12.8. The number of thiazole rings is 1. The molecular formula is C23H22N4O3S. The number of fused-ring (bicyclic) bond motifs is 1. The molecule has 4 amide bonds. The lowest BCUT2D eigenvalue weighted by Crippen LogP contribution is -2.48.